The number of hydrogen-bond donors (Lipinski definition) is 1. The van der Waals surface area contributed by atoms with Gasteiger partial charge in [-0.2, -0.15) is 0 Å². The van der Waals surface area contributed by atoms with E-state index in [4.69, 9.17) is 0 Å². The number of nitrogens with one attached hydrogen (secondary N) is 1. The fourth-order valence-corrected chi connectivity index (χ4v) is 3.34. The van der Waals surface area contributed by atoms with Gasteiger partial charge in [-0.25, -0.2) is 0 Å². The van der Waals surface area contributed by atoms with E-state index in [0.717, 1.165) is 5.92 Å². The van der Waals surface area contributed by atoms with Crippen LogP contribution < -0.4 is 5.32 Å². The highest BCUT2D eigenvalue weighted by Crippen LogP contribution is 2.47. The summed E-state index contributed by atoms with van der Waals surface area (Å²) in [5, 5.41) is 5.82. The Hall–Kier alpha value is -0.340. The predicted octanol–water partition coefficient (Wildman–Crippen LogP) is 4.10. The van der Waals surface area contributed by atoms with E-state index in [0.29, 0.717) is 5.41 Å². The summed E-state index contributed by atoms with van der Waals surface area (Å²) in [6, 6.07) is 4.45. The highest BCUT2D eigenvalue weighted by molar-refractivity contribution is 7.09. The molecule has 1 heterocycles. The van der Waals surface area contributed by atoms with Crippen molar-refractivity contribution in [2.45, 2.75) is 46.0 Å². The molecule has 1 saturated carbocycles. The summed E-state index contributed by atoms with van der Waals surface area (Å²) in [5.74, 6) is 0.979. The van der Waals surface area contributed by atoms with Crippen LogP contribution in [0, 0.1) is 11.3 Å². The van der Waals surface area contributed by atoms with E-state index in [2.05, 4.69) is 36.7 Å². The first-order valence-electron chi connectivity index (χ1n) is 6.98. The molecule has 0 aliphatic heterocycles. The van der Waals surface area contributed by atoms with Gasteiger partial charge in [0.05, 0.1) is 0 Å². The molecule has 0 spiro atoms. The zero-order valence-electron chi connectivity index (χ0n) is 11.2. The molecule has 96 valence electrons. The van der Waals surface area contributed by atoms with Crippen molar-refractivity contribution in [3.8, 4) is 0 Å². The molecule has 0 saturated heterocycles. The summed E-state index contributed by atoms with van der Waals surface area (Å²) < 4.78 is 0. The maximum absolute atomic E-state index is 3.63. The van der Waals surface area contributed by atoms with Crippen molar-refractivity contribution in [3.05, 3.63) is 22.4 Å². The smallest absolute Gasteiger partial charge is 0.00454 e. The first kappa shape index (κ1) is 13.1. The highest BCUT2D eigenvalue weighted by Gasteiger charge is 2.40. The van der Waals surface area contributed by atoms with E-state index in [1.807, 2.05) is 11.3 Å². The summed E-state index contributed by atoms with van der Waals surface area (Å²) in [4.78, 5) is 1.55. The zero-order valence-corrected chi connectivity index (χ0v) is 12.0. The molecule has 2 rings (SSSR count). The van der Waals surface area contributed by atoms with Crippen molar-refractivity contribution < 1.29 is 0 Å². The molecule has 17 heavy (non-hydrogen) atoms. The van der Waals surface area contributed by atoms with Crippen LogP contribution in [0.25, 0.3) is 0 Å². The molecule has 0 bridgehead atoms. The van der Waals surface area contributed by atoms with Crippen LogP contribution in [-0.2, 0) is 6.42 Å². The van der Waals surface area contributed by atoms with Gasteiger partial charge in [0.2, 0.25) is 0 Å². The van der Waals surface area contributed by atoms with Crippen LogP contribution in [0.5, 0.6) is 0 Å². The summed E-state index contributed by atoms with van der Waals surface area (Å²) in [7, 11) is 0. The molecule has 1 aromatic heterocycles. The van der Waals surface area contributed by atoms with E-state index in [-0.39, 0.29) is 0 Å². The van der Waals surface area contributed by atoms with Gasteiger partial charge in [-0.15, -0.1) is 11.3 Å². The molecule has 1 unspecified atom stereocenters. The summed E-state index contributed by atoms with van der Waals surface area (Å²) >= 11 is 1.90. The Morgan fingerprint density at radius 3 is 2.88 bits per heavy atom. The van der Waals surface area contributed by atoms with Gasteiger partial charge in [-0.1, -0.05) is 19.9 Å². The molecule has 1 aliphatic rings. The Bertz CT molecular complexity index is 316. The quantitative estimate of drug-likeness (QED) is 0.686. The lowest BCUT2D eigenvalue weighted by Gasteiger charge is -2.30. The Morgan fingerprint density at radius 2 is 2.29 bits per heavy atom. The molecule has 0 amide bonds. The molecule has 2 heteroatoms. The van der Waals surface area contributed by atoms with Crippen molar-refractivity contribution in [2.75, 3.05) is 13.1 Å². The van der Waals surface area contributed by atoms with Crippen molar-refractivity contribution in [1.82, 2.24) is 5.32 Å². The molecule has 0 radical (unpaired) electrons. The van der Waals surface area contributed by atoms with Crippen LogP contribution >= 0.6 is 11.3 Å². The summed E-state index contributed by atoms with van der Waals surface area (Å²) in [6.45, 7) is 7.10. The minimum absolute atomic E-state index is 0.527. The largest absolute Gasteiger partial charge is 0.316 e. The second-order valence-corrected chi connectivity index (χ2v) is 6.72. The van der Waals surface area contributed by atoms with Crippen LogP contribution in [0.3, 0.4) is 0 Å². The fraction of sp³-hybridized carbons (Fsp3) is 0.733. The SMILES string of the molecule is CCCNCC(C)(CCc1cccs1)C1CC1. The number of thiophene rings is 1. The van der Waals surface area contributed by atoms with Gasteiger partial charge < -0.3 is 5.32 Å². The van der Waals surface area contributed by atoms with E-state index in [1.54, 1.807) is 4.88 Å². The van der Waals surface area contributed by atoms with Crippen molar-refractivity contribution in [1.29, 1.82) is 0 Å². The van der Waals surface area contributed by atoms with Crippen molar-refractivity contribution in [2.24, 2.45) is 11.3 Å². The first-order valence-corrected chi connectivity index (χ1v) is 7.85. The maximum Gasteiger partial charge on any atom is 0.00454 e. The monoisotopic (exact) mass is 251 g/mol. The lowest BCUT2D eigenvalue weighted by Crippen LogP contribution is -2.34. The number of hydrogen-bond acceptors (Lipinski definition) is 2. The zero-order chi connectivity index (χ0) is 12.1. The predicted molar refractivity (Wildman–Crippen MR) is 76.6 cm³/mol. The van der Waals surface area contributed by atoms with Gasteiger partial charge in [0, 0.05) is 11.4 Å². The lowest BCUT2D eigenvalue weighted by atomic mass is 9.80. The third-order valence-electron chi connectivity index (χ3n) is 4.04. The van der Waals surface area contributed by atoms with Gasteiger partial charge in [0.15, 0.2) is 0 Å². The third kappa shape index (κ3) is 3.82. The van der Waals surface area contributed by atoms with E-state index in [9.17, 15) is 0 Å². The minimum atomic E-state index is 0.527. The topological polar surface area (TPSA) is 12.0 Å². The first-order chi connectivity index (χ1) is 8.24. The molecule has 1 N–H and O–H groups in total. The van der Waals surface area contributed by atoms with Crippen molar-refractivity contribution in [3.63, 3.8) is 0 Å². The van der Waals surface area contributed by atoms with Gasteiger partial charge in [-0.3, -0.25) is 0 Å². The summed E-state index contributed by atoms with van der Waals surface area (Å²) in [5.41, 5.74) is 0.527. The molecule has 0 aromatic carbocycles. The normalized spacial score (nSPS) is 19.2. The molecule has 1 aromatic rings. The number of aryl methyl sites for hydroxylation is 1. The molecule has 1 atom stereocenters. The Balaban J connectivity index is 1.83. The van der Waals surface area contributed by atoms with Crippen molar-refractivity contribution >= 4 is 11.3 Å². The number of rotatable bonds is 8. The van der Waals surface area contributed by atoms with Gasteiger partial charge in [0.1, 0.15) is 0 Å². The highest BCUT2D eigenvalue weighted by atomic mass is 32.1. The molecular weight excluding hydrogens is 226 g/mol. The Morgan fingerprint density at radius 1 is 1.47 bits per heavy atom. The molecule has 1 nitrogen and oxygen atoms in total. The molecule has 1 aliphatic carbocycles. The van der Waals surface area contributed by atoms with E-state index < -0.39 is 0 Å². The average Bonchev–Trinajstić information content (AvgIpc) is 3.06. The second kappa shape index (κ2) is 6.01. The fourth-order valence-electron chi connectivity index (χ4n) is 2.63. The maximum atomic E-state index is 3.63. The molecule has 1 fully saturated rings. The van der Waals surface area contributed by atoms with E-state index in [1.165, 1.54) is 45.2 Å². The van der Waals surface area contributed by atoms with Gasteiger partial charge in [-0.05, 0) is 61.4 Å². The Kier molecular flexibility index (Phi) is 4.63. The Labute approximate surface area is 110 Å². The van der Waals surface area contributed by atoms with Gasteiger partial charge >= 0.3 is 0 Å². The van der Waals surface area contributed by atoms with Crippen LogP contribution in [0.1, 0.15) is 44.4 Å². The average molecular weight is 251 g/mol. The van der Waals surface area contributed by atoms with E-state index >= 15 is 0 Å². The summed E-state index contributed by atoms with van der Waals surface area (Å²) in [6.07, 6.45) is 6.75. The van der Waals surface area contributed by atoms with Crippen LogP contribution in [0.2, 0.25) is 0 Å². The van der Waals surface area contributed by atoms with Crippen LogP contribution in [0.15, 0.2) is 17.5 Å². The second-order valence-electron chi connectivity index (χ2n) is 5.68. The van der Waals surface area contributed by atoms with Crippen LogP contribution in [0.4, 0.5) is 0 Å². The lowest BCUT2D eigenvalue weighted by molar-refractivity contribution is 0.238. The standard InChI is InChI=1S/C15H25NS/c1-3-10-16-12-15(2,13-6-7-13)9-8-14-5-4-11-17-14/h4-5,11,13,16H,3,6-10,12H2,1-2H3. The third-order valence-corrected chi connectivity index (χ3v) is 4.98. The van der Waals surface area contributed by atoms with Gasteiger partial charge in [0.25, 0.3) is 0 Å². The minimum Gasteiger partial charge on any atom is -0.316 e. The van der Waals surface area contributed by atoms with Crippen LogP contribution in [-0.4, -0.2) is 13.1 Å². The molecular formula is C15H25NS.